The van der Waals surface area contributed by atoms with Gasteiger partial charge >= 0.3 is 5.97 Å². The molecule has 3 nitrogen and oxygen atoms in total. The molecule has 1 aromatic carbocycles. The van der Waals surface area contributed by atoms with Crippen LogP contribution in [0.25, 0.3) is 10.2 Å². The molecule has 0 unspecified atom stereocenters. The summed E-state index contributed by atoms with van der Waals surface area (Å²) in [7, 11) is 1.36. The molecule has 0 bridgehead atoms. The van der Waals surface area contributed by atoms with Crippen molar-refractivity contribution in [3.05, 3.63) is 28.8 Å². The number of carbonyl (C=O) groups is 1. The third-order valence-electron chi connectivity index (χ3n) is 1.97. The number of rotatable bonds is 1. The zero-order valence-electron chi connectivity index (χ0n) is 7.90. The molecule has 4 heteroatoms. The summed E-state index contributed by atoms with van der Waals surface area (Å²) in [6.45, 7) is 2.00. The number of ether oxygens (including phenoxy) is 1. The first-order valence-corrected chi connectivity index (χ1v) is 4.98. The van der Waals surface area contributed by atoms with Gasteiger partial charge in [-0.1, -0.05) is 12.1 Å². The monoisotopic (exact) mass is 207 g/mol. The van der Waals surface area contributed by atoms with Crippen molar-refractivity contribution in [1.82, 2.24) is 4.98 Å². The van der Waals surface area contributed by atoms with E-state index in [4.69, 9.17) is 0 Å². The number of hydrogen-bond acceptors (Lipinski definition) is 4. The number of methoxy groups -OCH3 is 1. The molecule has 2 rings (SSSR count). The summed E-state index contributed by atoms with van der Waals surface area (Å²) >= 11 is 1.37. The van der Waals surface area contributed by atoms with E-state index in [1.54, 1.807) is 0 Å². The van der Waals surface area contributed by atoms with Crippen LogP contribution in [-0.2, 0) is 4.74 Å². The molecule has 72 valence electrons. The van der Waals surface area contributed by atoms with Crippen molar-refractivity contribution in [2.45, 2.75) is 6.92 Å². The van der Waals surface area contributed by atoms with Crippen LogP contribution in [0.2, 0.25) is 0 Å². The van der Waals surface area contributed by atoms with E-state index in [9.17, 15) is 4.79 Å². The van der Waals surface area contributed by atoms with Crippen LogP contribution in [0.15, 0.2) is 18.2 Å². The summed E-state index contributed by atoms with van der Waals surface area (Å²) in [5.41, 5.74) is 1.99. The number of aryl methyl sites for hydroxylation is 1. The molecule has 0 radical (unpaired) electrons. The lowest BCUT2D eigenvalue weighted by Crippen LogP contribution is -1.99. The molecule has 0 saturated carbocycles. The molecule has 0 fully saturated rings. The number of carbonyl (C=O) groups excluding carboxylic acids is 1. The Morgan fingerprint density at radius 3 is 2.93 bits per heavy atom. The van der Waals surface area contributed by atoms with Crippen molar-refractivity contribution in [1.29, 1.82) is 0 Å². The fourth-order valence-electron chi connectivity index (χ4n) is 1.26. The summed E-state index contributed by atoms with van der Waals surface area (Å²) in [5.74, 6) is -0.370. The maximum Gasteiger partial charge on any atom is 0.367 e. The second-order valence-corrected chi connectivity index (χ2v) is 3.93. The number of nitrogens with zero attached hydrogens (tertiary/aromatic N) is 1. The first kappa shape index (κ1) is 9.15. The van der Waals surface area contributed by atoms with Gasteiger partial charge in [-0.2, -0.15) is 0 Å². The van der Waals surface area contributed by atoms with Crippen LogP contribution in [0.4, 0.5) is 0 Å². The standard InChI is InChI=1S/C10H9NO2S/c1-6-4-3-5-7-8(6)14-9(11-7)10(12)13-2/h3-5H,1-2H3. The second kappa shape index (κ2) is 3.38. The topological polar surface area (TPSA) is 39.2 Å². The summed E-state index contributed by atoms with van der Waals surface area (Å²) in [6.07, 6.45) is 0. The van der Waals surface area contributed by atoms with E-state index in [1.807, 2.05) is 25.1 Å². The molecule has 14 heavy (non-hydrogen) atoms. The van der Waals surface area contributed by atoms with Crippen LogP contribution in [0.1, 0.15) is 15.4 Å². The first-order valence-electron chi connectivity index (χ1n) is 4.17. The zero-order chi connectivity index (χ0) is 10.1. The molecule has 1 heterocycles. The Bertz CT molecular complexity index is 490. The lowest BCUT2D eigenvalue weighted by molar-refractivity contribution is 0.0600. The minimum atomic E-state index is -0.370. The highest BCUT2D eigenvalue weighted by Gasteiger charge is 2.12. The normalized spacial score (nSPS) is 10.4. The van der Waals surface area contributed by atoms with E-state index < -0.39 is 0 Å². The number of esters is 1. The van der Waals surface area contributed by atoms with Gasteiger partial charge in [0, 0.05) is 0 Å². The Kier molecular flexibility index (Phi) is 2.21. The van der Waals surface area contributed by atoms with Gasteiger partial charge in [-0.05, 0) is 18.6 Å². The lowest BCUT2D eigenvalue weighted by atomic mass is 10.2. The minimum absolute atomic E-state index is 0.370. The van der Waals surface area contributed by atoms with Crippen LogP contribution in [-0.4, -0.2) is 18.1 Å². The predicted molar refractivity (Wildman–Crippen MR) is 55.7 cm³/mol. The van der Waals surface area contributed by atoms with Gasteiger partial charge in [0.05, 0.1) is 17.3 Å². The number of benzene rings is 1. The van der Waals surface area contributed by atoms with Gasteiger partial charge in [-0.25, -0.2) is 9.78 Å². The van der Waals surface area contributed by atoms with Crippen LogP contribution < -0.4 is 0 Å². The van der Waals surface area contributed by atoms with Crippen LogP contribution in [0, 0.1) is 6.92 Å². The van der Waals surface area contributed by atoms with Crippen molar-refractivity contribution in [3.63, 3.8) is 0 Å². The Hall–Kier alpha value is -1.42. The molecular formula is C10H9NO2S. The first-order chi connectivity index (χ1) is 6.72. The fourth-order valence-corrected chi connectivity index (χ4v) is 2.21. The van der Waals surface area contributed by atoms with Gasteiger partial charge < -0.3 is 4.74 Å². The summed E-state index contributed by atoms with van der Waals surface area (Å²) < 4.78 is 5.66. The summed E-state index contributed by atoms with van der Waals surface area (Å²) in [5, 5.41) is 0.414. The van der Waals surface area contributed by atoms with E-state index >= 15 is 0 Å². The molecule has 0 aliphatic heterocycles. The molecule has 0 saturated heterocycles. The fraction of sp³-hybridized carbons (Fsp3) is 0.200. The minimum Gasteiger partial charge on any atom is -0.464 e. The van der Waals surface area contributed by atoms with E-state index in [0.717, 1.165) is 15.8 Å². The van der Waals surface area contributed by atoms with Gasteiger partial charge in [0.15, 0.2) is 0 Å². The molecule has 0 amide bonds. The van der Waals surface area contributed by atoms with Crippen LogP contribution in [0.5, 0.6) is 0 Å². The highest BCUT2D eigenvalue weighted by Crippen LogP contribution is 2.25. The molecular weight excluding hydrogens is 198 g/mol. The Labute approximate surface area is 85.3 Å². The lowest BCUT2D eigenvalue weighted by Gasteiger charge is -1.90. The van der Waals surface area contributed by atoms with E-state index in [2.05, 4.69) is 9.72 Å². The zero-order valence-corrected chi connectivity index (χ0v) is 8.72. The number of aromatic nitrogens is 1. The molecule has 0 aliphatic rings. The highest BCUT2D eigenvalue weighted by molar-refractivity contribution is 7.20. The number of fused-ring (bicyclic) bond motifs is 1. The Morgan fingerprint density at radius 2 is 2.29 bits per heavy atom. The van der Waals surface area contributed by atoms with Crippen molar-refractivity contribution < 1.29 is 9.53 Å². The largest absolute Gasteiger partial charge is 0.464 e. The van der Waals surface area contributed by atoms with Gasteiger partial charge in [-0.3, -0.25) is 0 Å². The van der Waals surface area contributed by atoms with Crippen molar-refractivity contribution in [2.75, 3.05) is 7.11 Å². The van der Waals surface area contributed by atoms with Crippen LogP contribution in [0.3, 0.4) is 0 Å². The summed E-state index contributed by atoms with van der Waals surface area (Å²) in [4.78, 5) is 15.4. The van der Waals surface area contributed by atoms with Gasteiger partial charge in [0.25, 0.3) is 0 Å². The Balaban J connectivity index is 2.62. The third kappa shape index (κ3) is 1.37. The van der Waals surface area contributed by atoms with Crippen LogP contribution >= 0.6 is 11.3 Å². The van der Waals surface area contributed by atoms with E-state index in [1.165, 1.54) is 18.4 Å². The second-order valence-electron chi connectivity index (χ2n) is 2.93. The quantitative estimate of drug-likeness (QED) is 0.674. The van der Waals surface area contributed by atoms with Gasteiger partial charge in [0.1, 0.15) is 0 Å². The number of thiazole rings is 1. The molecule has 2 aromatic rings. The number of hydrogen-bond donors (Lipinski definition) is 0. The smallest absolute Gasteiger partial charge is 0.367 e. The van der Waals surface area contributed by atoms with Crippen molar-refractivity contribution in [2.24, 2.45) is 0 Å². The average molecular weight is 207 g/mol. The molecule has 0 aliphatic carbocycles. The van der Waals surface area contributed by atoms with E-state index in [0.29, 0.717) is 5.01 Å². The molecule has 0 spiro atoms. The predicted octanol–water partition coefficient (Wildman–Crippen LogP) is 2.39. The van der Waals surface area contributed by atoms with E-state index in [-0.39, 0.29) is 5.97 Å². The molecule has 0 atom stereocenters. The average Bonchev–Trinajstić information content (AvgIpc) is 2.62. The molecule has 1 aromatic heterocycles. The maximum absolute atomic E-state index is 11.2. The summed E-state index contributed by atoms with van der Waals surface area (Å²) in [6, 6.07) is 5.82. The maximum atomic E-state index is 11.2. The highest BCUT2D eigenvalue weighted by atomic mass is 32.1. The van der Waals surface area contributed by atoms with Gasteiger partial charge in [0.2, 0.25) is 5.01 Å². The van der Waals surface area contributed by atoms with Crippen molar-refractivity contribution in [3.8, 4) is 0 Å². The Morgan fingerprint density at radius 1 is 1.50 bits per heavy atom. The SMILES string of the molecule is COC(=O)c1nc2cccc(C)c2s1. The van der Waals surface area contributed by atoms with Crippen molar-refractivity contribution >= 4 is 27.5 Å². The third-order valence-corrected chi connectivity index (χ3v) is 3.16. The van der Waals surface area contributed by atoms with Gasteiger partial charge in [-0.15, -0.1) is 11.3 Å². The molecule has 0 N–H and O–H groups in total.